The Bertz CT molecular complexity index is 398. The number of carboxylic acids is 1. The number of aliphatic carboxylic acids is 1. The van der Waals surface area contributed by atoms with Crippen LogP contribution in [0.15, 0.2) is 12.1 Å². The number of rotatable bonds is 4. The van der Waals surface area contributed by atoms with E-state index in [2.05, 4.69) is 0 Å². The molecule has 0 unspecified atom stereocenters. The Morgan fingerprint density at radius 3 is 2.44 bits per heavy atom. The number of aliphatic hydroxyl groups is 1. The molecule has 1 aromatic carbocycles. The van der Waals surface area contributed by atoms with Crippen molar-refractivity contribution < 1.29 is 19.7 Å². The van der Waals surface area contributed by atoms with Crippen LogP contribution in [-0.2, 0) is 4.79 Å². The number of benzene rings is 1. The van der Waals surface area contributed by atoms with Gasteiger partial charge in [-0.3, -0.25) is 4.79 Å². The summed E-state index contributed by atoms with van der Waals surface area (Å²) in [5, 5.41) is 18.4. The van der Waals surface area contributed by atoms with Gasteiger partial charge < -0.3 is 14.9 Å². The number of aliphatic hydroxyl groups excluding tert-OH is 1. The topological polar surface area (TPSA) is 66.8 Å². The van der Waals surface area contributed by atoms with Crippen LogP contribution in [0.25, 0.3) is 0 Å². The van der Waals surface area contributed by atoms with E-state index in [-0.39, 0.29) is 6.42 Å². The van der Waals surface area contributed by atoms with Crippen LogP contribution < -0.4 is 4.74 Å². The molecule has 16 heavy (non-hydrogen) atoms. The number of hydrogen-bond donors (Lipinski definition) is 2. The molecule has 4 heteroatoms. The maximum absolute atomic E-state index is 10.5. The maximum atomic E-state index is 10.5. The Kier molecular flexibility index (Phi) is 3.90. The average Bonchev–Trinajstić information content (AvgIpc) is 2.20. The molecular formula is C12H16O4. The van der Waals surface area contributed by atoms with E-state index in [1.165, 1.54) is 7.11 Å². The molecule has 0 spiro atoms. The Balaban J connectivity index is 3.10. The lowest BCUT2D eigenvalue weighted by Gasteiger charge is -2.15. The van der Waals surface area contributed by atoms with Crippen molar-refractivity contribution in [3.63, 3.8) is 0 Å². The molecule has 1 atom stereocenters. The van der Waals surface area contributed by atoms with E-state index in [4.69, 9.17) is 9.84 Å². The van der Waals surface area contributed by atoms with Gasteiger partial charge in [0.1, 0.15) is 5.75 Å². The van der Waals surface area contributed by atoms with Crippen LogP contribution in [-0.4, -0.2) is 23.3 Å². The van der Waals surface area contributed by atoms with Gasteiger partial charge in [-0.05, 0) is 37.1 Å². The number of ether oxygens (including phenoxy) is 1. The maximum Gasteiger partial charge on any atom is 0.306 e. The van der Waals surface area contributed by atoms with E-state index >= 15 is 0 Å². The van der Waals surface area contributed by atoms with Crippen LogP contribution in [0.4, 0.5) is 0 Å². The molecule has 0 saturated heterocycles. The molecule has 0 saturated carbocycles. The third-order valence-corrected chi connectivity index (χ3v) is 2.57. The molecule has 0 amide bonds. The zero-order valence-electron chi connectivity index (χ0n) is 9.65. The highest BCUT2D eigenvalue weighted by atomic mass is 16.5. The van der Waals surface area contributed by atoms with Crippen LogP contribution in [0.5, 0.6) is 5.75 Å². The first-order valence-electron chi connectivity index (χ1n) is 5.00. The fourth-order valence-electron chi connectivity index (χ4n) is 1.52. The molecule has 0 heterocycles. The molecule has 0 aliphatic rings. The Hall–Kier alpha value is -1.55. The Morgan fingerprint density at radius 2 is 1.94 bits per heavy atom. The smallest absolute Gasteiger partial charge is 0.306 e. The number of aryl methyl sites for hydroxylation is 2. The number of carbonyl (C=O) groups is 1. The highest BCUT2D eigenvalue weighted by Crippen LogP contribution is 2.30. The lowest BCUT2D eigenvalue weighted by Crippen LogP contribution is -2.07. The summed E-state index contributed by atoms with van der Waals surface area (Å²) in [5.41, 5.74) is 2.57. The van der Waals surface area contributed by atoms with Gasteiger partial charge in [-0.2, -0.15) is 0 Å². The average molecular weight is 224 g/mol. The molecular weight excluding hydrogens is 208 g/mol. The second-order valence-corrected chi connectivity index (χ2v) is 3.79. The molecule has 0 aromatic heterocycles. The van der Waals surface area contributed by atoms with Crippen LogP contribution in [0.1, 0.15) is 29.2 Å². The first kappa shape index (κ1) is 12.5. The summed E-state index contributed by atoms with van der Waals surface area (Å²) >= 11 is 0. The second kappa shape index (κ2) is 4.99. The van der Waals surface area contributed by atoms with Crippen molar-refractivity contribution in [2.24, 2.45) is 0 Å². The summed E-state index contributed by atoms with van der Waals surface area (Å²) in [5.74, 6) is -0.510. The van der Waals surface area contributed by atoms with Crippen LogP contribution in [0.3, 0.4) is 0 Å². The fraction of sp³-hybridized carbons (Fsp3) is 0.417. The summed E-state index contributed by atoms with van der Waals surface area (Å²) in [6.45, 7) is 3.84. The van der Waals surface area contributed by atoms with Crippen molar-refractivity contribution in [1.82, 2.24) is 0 Å². The van der Waals surface area contributed by atoms with Gasteiger partial charge in [0.05, 0.1) is 19.6 Å². The molecule has 1 rings (SSSR count). The SMILES string of the molecule is COc1cc(C)c(C)cc1[C@@H](O)CC(=O)O. The molecule has 88 valence electrons. The predicted octanol–water partition coefficient (Wildman–Crippen LogP) is 1.82. The zero-order valence-corrected chi connectivity index (χ0v) is 9.65. The Labute approximate surface area is 94.5 Å². The molecule has 2 N–H and O–H groups in total. The summed E-state index contributed by atoms with van der Waals surface area (Å²) in [6, 6.07) is 3.57. The molecule has 0 radical (unpaired) electrons. The normalized spacial score (nSPS) is 12.2. The number of methoxy groups -OCH3 is 1. The van der Waals surface area contributed by atoms with Crippen molar-refractivity contribution in [3.8, 4) is 5.75 Å². The van der Waals surface area contributed by atoms with Gasteiger partial charge in [0, 0.05) is 5.56 Å². The number of carboxylic acid groups (broad SMARTS) is 1. The van der Waals surface area contributed by atoms with Crippen molar-refractivity contribution in [2.45, 2.75) is 26.4 Å². The van der Waals surface area contributed by atoms with Gasteiger partial charge in [0.15, 0.2) is 0 Å². The summed E-state index contributed by atoms with van der Waals surface area (Å²) in [4.78, 5) is 10.5. The molecule has 0 fully saturated rings. The van der Waals surface area contributed by atoms with Gasteiger partial charge in [0.2, 0.25) is 0 Å². The minimum Gasteiger partial charge on any atom is -0.496 e. The van der Waals surface area contributed by atoms with Crippen molar-refractivity contribution in [3.05, 3.63) is 28.8 Å². The highest BCUT2D eigenvalue weighted by Gasteiger charge is 2.17. The first-order valence-corrected chi connectivity index (χ1v) is 5.00. The molecule has 0 bridgehead atoms. The van der Waals surface area contributed by atoms with Crippen LogP contribution >= 0.6 is 0 Å². The third-order valence-electron chi connectivity index (χ3n) is 2.57. The molecule has 0 aliphatic carbocycles. The minimum absolute atomic E-state index is 0.321. The van der Waals surface area contributed by atoms with Gasteiger partial charge in [-0.25, -0.2) is 0 Å². The zero-order chi connectivity index (χ0) is 12.3. The van der Waals surface area contributed by atoms with Crippen LogP contribution in [0, 0.1) is 13.8 Å². The summed E-state index contributed by atoms with van der Waals surface area (Å²) < 4.78 is 5.13. The van der Waals surface area contributed by atoms with E-state index < -0.39 is 12.1 Å². The van der Waals surface area contributed by atoms with Crippen molar-refractivity contribution in [2.75, 3.05) is 7.11 Å². The lowest BCUT2D eigenvalue weighted by molar-refractivity contribution is -0.139. The van der Waals surface area contributed by atoms with Crippen LogP contribution in [0.2, 0.25) is 0 Å². The Morgan fingerprint density at radius 1 is 1.38 bits per heavy atom. The number of hydrogen-bond acceptors (Lipinski definition) is 3. The standard InChI is InChI=1S/C12H16O4/c1-7-4-9(10(13)6-12(14)15)11(16-3)5-8(7)2/h4-5,10,13H,6H2,1-3H3,(H,14,15)/t10-/m0/s1. The van der Waals surface area contributed by atoms with Crippen molar-refractivity contribution >= 4 is 5.97 Å². The fourth-order valence-corrected chi connectivity index (χ4v) is 1.52. The minimum atomic E-state index is -1.04. The third kappa shape index (κ3) is 2.73. The van der Waals surface area contributed by atoms with Gasteiger partial charge in [0.25, 0.3) is 0 Å². The van der Waals surface area contributed by atoms with E-state index in [1.54, 1.807) is 12.1 Å². The molecule has 4 nitrogen and oxygen atoms in total. The predicted molar refractivity (Wildman–Crippen MR) is 59.7 cm³/mol. The quantitative estimate of drug-likeness (QED) is 0.818. The van der Waals surface area contributed by atoms with Crippen molar-refractivity contribution in [1.29, 1.82) is 0 Å². The monoisotopic (exact) mass is 224 g/mol. The van der Waals surface area contributed by atoms with Gasteiger partial charge in [-0.15, -0.1) is 0 Å². The van der Waals surface area contributed by atoms with Gasteiger partial charge >= 0.3 is 5.97 Å². The largest absolute Gasteiger partial charge is 0.496 e. The van der Waals surface area contributed by atoms with E-state index in [0.717, 1.165) is 11.1 Å². The first-order chi connectivity index (χ1) is 7.45. The molecule has 1 aromatic rings. The lowest BCUT2D eigenvalue weighted by atomic mass is 9.99. The second-order valence-electron chi connectivity index (χ2n) is 3.79. The highest BCUT2D eigenvalue weighted by molar-refractivity contribution is 5.68. The summed E-state index contributed by atoms with van der Waals surface area (Å²) in [6.07, 6.45) is -1.36. The van der Waals surface area contributed by atoms with E-state index in [0.29, 0.717) is 11.3 Å². The van der Waals surface area contributed by atoms with Gasteiger partial charge in [-0.1, -0.05) is 0 Å². The summed E-state index contributed by atoms with van der Waals surface area (Å²) in [7, 11) is 1.50. The van der Waals surface area contributed by atoms with E-state index in [9.17, 15) is 9.90 Å². The molecule has 0 aliphatic heterocycles. The van der Waals surface area contributed by atoms with E-state index in [1.807, 2.05) is 13.8 Å².